The van der Waals surface area contributed by atoms with Crippen molar-refractivity contribution in [1.29, 1.82) is 0 Å². The first-order chi connectivity index (χ1) is 8.21. The molecule has 0 unspecified atom stereocenters. The molecule has 2 rings (SSSR count). The van der Waals surface area contributed by atoms with Crippen molar-refractivity contribution in [3.63, 3.8) is 0 Å². The van der Waals surface area contributed by atoms with E-state index in [9.17, 15) is 4.79 Å². The van der Waals surface area contributed by atoms with E-state index in [1.54, 1.807) is 20.3 Å². The topological polar surface area (TPSA) is 77.4 Å². The lowest BCUT2D eigenvalue weighted by Crippen LogP contribution is -1.98. The van der Waals surface area contributed by atoms with E-state index < -0.39 is 5.76 Å². The van der Waals surface area contributed by atoms with Crippen molar-refractivity contribution < 1.29 is 14.0 Å². The lowest BCUT2D eigenvalue weighted by atomic mass is 10.1. The van der Waals surface area contributed by atoms with Gasteiger partial charge in [0.05, 0.1) is 14.2 Å². The number of H-pyrrole nitrogens is 1. The predicted molar refractivity (Wildman–Crippen MR) is 59.5 cm³/mol. The minimum atomic E-state index is -0.560. The average molecular weight is 236 g/mol. The molecule has 6 nitrogen and oxygen atoms in total. The van der Waals surface area contributed by atoms with E-state index in [2.05, 4.69) is 14.7 Å². The van der Waals surface area contributed by atoms with E-state index in [0.717, 1.165) is 5.56 Å². The summed E-state index contributed by atoms with van der Waals surface area (Å²) in [4.78, 5) is 13.3. The highest BCUT2D eigenvalue weighted by Gasteiger charge is 2.06. The second kappa shape index (κ2) is 4.73. The van der Waals surface area contributed by atoms with Crippen LogP contribution in [0.15, 0.2) is 27.5 Å². The Bertz CT molecular complexity index is 536. The van der Waals surface area contributed by atoms with Crippen LogP contribution >= 0.6 is 0 Å². The number of aromatic nitrogens is 2. The largest absolute Gasteiger partial charge is 0.497 e. The molecule has 0 aliphatic carbocycles. The Balaban J connectivity index is 2.28. The van der Waals surface area contributed by atoms with Gasteiger partial charge in [-0.1, -0.05) is 5.16 Å². The summed E-state index contributed by atoms with van der Waals surface area (Å²) in [6, 6.07) is 5.46. The zero-order valence-electron chi connectivity index (χ0n) is 9.52. The molecule has 0 atom stereocenters. The second-order valence-electron chi connectivity index (χ2n) is 3.44. The molecular formula is C11H12N2O4. The molecule has 2 aromatic rings. The SMILES string of the molecule is COc1cc(Cc2noc(=O)[nH]2)cc(OC)c1. The number of hydrogen-bond donors (Lipinski definition) is 1. The standard InChI is InChI=1S/C11H12N2O4/c1-15-8-3-7(4-9(6-8)16-2)5-10-12-11(14)17-13-10/h3-4,6H,5H2,1-2H3,(H,12,13,14). The maximum atomic E-state index is 10.8. The Morgan fingerprint density at radius 1 is 1.24 bits per heavy atom. The van der Waals surface area contributed by atoms with Gasteiger partial charge in [-0.2, -0.15) is 0 Å². The highest BCUT2D eigenvalue weighted by Crippen LogP contribution is 2.23. The number of nitrogens with zero attached hydrogens (tertiary/aromatic N) is 1. The zero-order valence-corrected chi connectivity index (χ0v) is 9.52. The molecule has 0 fully saturated rings. The third-order valence-electron chi connectivity index (χ3n) is 2.27. The van der Waals surface area contributed by atoms with Crippen molar-refractivity contribution in [3.05, 3.63) is 40.1 Å². The molecule has 1 N–H and O–H groups in total. The minimum absolute atomic E-state index is 0.444. The van der Waals surface area contributed by atoms with Crippen LogP contribution in [0.25, 0.3) is 0 Å². The highest BCUT2D eigenvalue weighted by atomic mass is 16.5. The Kier molecular flexibility index (Phi) is 3.13. The molecule has 1 aromatic heterocycles. The number of benzene rings is 1. The third-order valence-corrected chi connectivity index (χ3v) is 2.27. The van der Waals surface area contributed by atoms with Crippen LogP contribution in [0.5, 0.6) is 11.5 Å². The summed E-state index contributed by atoms with van der Waals surface area (Å²) in [7, 11) is 3.16. The summed E-state index contributed by atoms with van der Waals surface area (Å²) >= 11 is 0. The average Bonchev–Trinajstić information content (AvgIpc) is 2.74. The Hall–Kier alpha value is -2.24. The van der Waals surface area contributed by atoms with Gasteiger partial charge in [0.1, 0.15) is 11.5 Å². The second-order valence-corrected chi connectivity index (χ2v) is 3.44. The maximum Gasteiger partial charge on any atom is 0.438 e. The maximum absolute atomic E-state index is 10.8. The van der Waals surface area contributed by atoms with Crippen LogP contribution in [0.1, 0.15) is 11.4 Å². The quantitative estimate of drug-likeness (QED) is 0.855. The van der Waals surface area contributed by atoms with Crippen molar-refractivity contribution >= 4 is 0 Å². The van der Waals surface area contributed by atoms with Crippen molar-refractivity contribution in [3.8, 4) is 11.5 Å². The van der Waals surface area contributed by atoms with E-state index in [1.165, 1.54) is 0 Å². The molecule has 90 valence electrons. The molecule has 0 aliphatic rings. The smallest absolute Gasteiger partial charge is 0.438 e. The van der Waals surface area contributed by atoms with E-state index in [-0.39, 0.29) is 0 Å². The number of nitrogens with one attached hydrogen (secondary N) is 1. The molecule has 0 saturated heterocycles. The van der Waals surface area contributed by atoms with Gasteiger partial charge < -0.3 is 9.47 Å². The normalized spacial score (nSPS) is 10.2. The van der Waals surface area contributed by atoms with Gasteiger partial charge in [-0.25, -0.2) is 4.79 Å². The first kappa shape index (κ1) is 11.3. The summed E-state index contributed by atoms with van der Waals surface area (Å²) < 4.78 is 14.7. The van der Waals surface area contributed by atoms with Crippen LogP contribution in [-0.2, 0) is 6.42 Å². The third kappa shape index (κ3) is 2.66. The molecule has 0 saturated carbocycles. The van der Waals surface area contributed by atoms with Gasteiger partial charge >= 0.3 is 5.76 Å². The van der Waals surface area contributed by atoms with Crippen molar-refractivity contribution in [2.75, 3.05) is 14.2 Å². The number of aromatic amines is 1. The number of hydrogen-bond acceptors (Lipinski definition) is 5. The van der Waals surface area contributed by atoms with Gasteiger partial charge in [-0.15, -0.1) is 0 Å². The van der Waals surface area contributed by atoms with Gasteiger partial charge in [-0.3, -0.25) is 9.51 Å². The van der Waals surface area contributed by atoms with Crippen LogP contribution in [-0.4, -0.2) is 24.4 Å². The van der Waals surface area contributed by atoms with Gasteiger partial charge in [0.2, 0.25) is 0 Å². The summed E-state index contributed by atoms with van der Waals surface area (Å²) in [5.41, 5.74) is 0.908. The minimum Gasteiger partial charge on any atom is -0.497 e. The van der Waals surface area contributed by atoms with E-state index >= 15 is 0 Å². The van der Waals surface area contributed by atoms with Gasteiger partial charge in [-0.05, 0) is 17.7 Å². The van der Waals surface area contributed by atoms with Crippen molar-refractivity contribution in [2.45, 2.75) is 6.42 Å². The molecule has 0 aliphatic heterocycles. The first-order valence-electron chi connectivity index (χ1n) is 4.98. The fraction of sp³-hybridized carbons (Fsp3) is 0.273. The molecule has 0 spiro atoms. The Morgan fingerprint density at radius 3 is 2.35 bits per heavy atom. The predicted octanol–water partition coefficient (Wildman–Crippen LogP) is 0.971. The number of rotatable bonds is 4. The molecule has 0 amide bonds. The Labute approximate surface area is 97.2 Å². The zero-order chi connectivity index (χ0) is 12.3. The number of ether oxygens (including phenoxy) is 2. The van der Waals surface area contributed by atoms with E-state index in [1.807, 2.05) is 12.1 Å². The number of methoxy groups -OCH3 is 2. The van der Waals surface area contributed by atoms with Gasteiger partial charge in [0.15, 0.2) is 5.82 Å². The monoisotopic (exact) mass is 236 g/mol. The molecular weight excluding hydrogens is 224 g/mol. The highest BCUT2D eigenvalue weighted by molar-refractivity contribution is 5.39. The van der Waals surface area contributed by atoms with Gasteiger partial charge in [0.25, 0.3) is 0 Å². The molecule has 0 radical (unpaired) electrons. The van der Waals surface area contributed by atoms with Crippen LogP contribution in [0.2, 0.25) is 0 Å². The van der Waals surface area contributed by atoms with Gasteiger partial charge in [0, 0.05) is 12.5 Å². The first-order valence-corrected chi connectivity index (χ1v) is 4.98. The lowest BCUT2D eigenvalue weighted by molar-refractivity contribution is 0.381. The van der Waals surface area contributed by atoms with E-state index in [4.69, 9.17) is 9.47 Å². The lowest BCUT2D eigenvalue weighted by Gasteiger charge is -2.06. The van der Waals surface area contributed by atoms with Crippen LogP contribution in [0.4, 0.5) is 0 Å². The summed E-state index contributed by atoms with van der Waals surface area (Å²) in [6.07, 6.45) is 0.444. The molecule has 1 heterocycles. The summed E-state index contributed by atoms with van der Waals surface area (Å²) in [6.45, 7) is 0. The van der Waals surface area contributed by atoms with Crippen LogP contribution in [0.3, 0.4) is 0 Å². The fourth-order valence-electron chi connectivity index (χ4n) is 1.50. The van der Waals surface area contributed by atoms with E-state index in [0.29, 0.717) is 23.7 Å². The molecule has 1 aromatic carbocycles. The van der Waals surface area contributed by atoms with Crippen molar-refractivity contribution in [2.24, 2.45) is 0 Å². The van der Waals surface area contributed by atoms with Crippen molar-refractivity contribution in [1.82, 2.24) is 10.1 Å². The summed E-state index contributed by atoms with van der Waals surface area (Å²) in [5, 5.41) is 3.60. The Morgan fingerprint density at radius 2 is 1.88 bits per heavy atom. The summed E-state index contributed by atoms with van der Waals surface area (Å²) in [5.74, 6) is 1.27. The van der Waals surface area contributed by atoms with Crippen LogP contribution < -0.4 is 15.2 Å². The van der Waals surface area contributed by atoms with Crippen LogP contribution in [0, 0.1) is 0 Å². The molecule has 17 heavy (non-hydrogen) atoms. The fourth-order valence-corrected chi connectivity index (χ4v) is 1.50. The molecule has 6 heteroatoms. The molecule has 0 bridgehead atoms.